The van der Waals surface area contributed by atoms with Crippen molar-refractivity contribution < 1.29 is 0 Å². The summed E-state index contributed by atoms with van der Waals surface area (Å²) in [7, 11) is 0. The second kappa shape index (κ2) is 8.01. The minimum absolute atomic E-state index is 0.0921. The molecule has 1 aliphatic heterocycles. The standard InChI is InChI=1S/C23H18BrN5S/c24-16-9-11-17(12-10-16)29-22(21(27-23(29)30)18-6-1-3-13-25-18)19-7-5-15-28(19)20-8-2-4-14-26-20/h1-15,21-22H,(H,27,30)/t21-,22-/m0/s1. The number of pyridine rings is 2. The first-order valence-corrected chi connectivity index (χ1v) is 10.8. The third kappa shape index (κ3) is 3.40. The van der Waals surface area contributed by atoms with Gasteiger partial charge < -0.3 is 14.8 Å². The minimum atomic E-state index is -0.0975. The predicted octanol–water partition coefficient (Wildman–Crippen LogP) is 5.21. The first-order valence-electron chi connectivity index (χ1n) is 9.57. The van der Waals surface area contributed by atoms with Crippen molar-refractivity contribution in [3.63, 3.8) is 0 Å². The molecule has 1 saturated heterocycles. The Morgan fingerprint density at radius 3 is 2.33 bits per heavy atom. The summed E-state index contributed by atoms with van der Waals surface area (Å²) < 4.78 is 3.14. The van der Waals surface area contributed by atoms with Crippen molar-refractivity contribution >= 4 is 38.9 Å². The lowest BCUT2D eigenvalue weighted by Gasteiger charge is -2.28. The van der Waals surface area contributed by atoms with Gasteiger partial charge in [0.25, 0.3) is 0 Å². The smallest absolute Gasteiger partial charge is 0.174 e. The van der Waals surface area contributed by atoms with Crippen molar-refractivity contribution in [1.82, 2.24) is 19.9 Å². The molecule has 0 aliphatic carbocycles. The molecule has 0 amide bonds. The van der Waals surface area contributed by atoms with Gasteiger partial charge in [-0.25, -0.2) is 4.98 Å². The highest BCUT2D eigenvalue weighted by atomic mass is 79.9. The van der Waals surface area contributed by atoms with Crippen LogP contribution in [0.5, 0.6) is 0 Å². The SMILES string of the molecule is S=C1N[C@@H](c2ccccn2)[C@H](c2cccn2-c2ccccn2)N1c1ccc(Br)cc1. The van der Waals surface area contributed by atoms with Gasteiger partial charge >= 0.3 is 0 Å². The van der Waals surface area contributed by atoms with Gasteiger partial charge in [-0.2, -0.15) is 0 Å². The van der Waals surface area contributed by atoms with E-state index in [1.807, 2.05) is 67.0 Å². The number of rotatable bonds is 4. The Bertz CT molecular complexity index is 1160. The van der Waals surface area contributed by atoms with Crippen molar-refractivity contribution in [1.29, 1.82) is 0 Å². The average molecular weight is 476 g/mol. The summed E-state index contributed by atoms with van der Waals surface area (Å²) in [6.45, 7) is 0. The largest absolute Gasteiger partial charge is 0.351 e. The molecule has 3 aromatic heterocycles. The number of hydrogen-bond acceptors (Lipinski definition) is 3. The Morgan fingerprint density at radius 1 is 0.867 bits per heavy atom. The van der Waals surface area contributed by atoms with E-state index in [1.54, 1.807) is 6.20 Å². The average Bonchev–Trinajstić information content (AvgIpc) is 3.40. The summed E-state index contributed by atoms with van der Waals surface area (Å²) in [6, 6.07) is 24.1. The van der Waals surface area contributed by atoms with Crippen LogP contribution in [0, 0.1) is 0 Å². The van der Waals surface area contributed by atoms with E-state index in [2.05, 4.69) is 58.9 Å². The number of benzene rings is 1. The summed E-state index contributed by atoms with van der Waals surface area (Å²) in [4.78, 5) is 11.3. The fourth-order valence-electron chi connectivity index (χ4n) is 3.88. The van der Waals surface area contributed by atoms with E-state index < -0.39 is 0 Å². The van der Waals surface area contributed by atoms with Gasteiger partial charge in [-0.05, 0) is 72.9 Å². The quantitative estimate of drug-likeness (QED) is 0.410. The lowest BCUT2D eigenvalue weighted by molar-refractivity contribution is 0.548. The number of halogens is 1. The summed E-state index contributed by atoms with van der Waals surface area (Å²) in [6.07, 6.45) is 5.66. The Labute approximate surface area is 188 Å². The van der Waals surface area contributed by atoms with E-state index in [1.165, 1.54) is 0 Å². The summed E-state index contributed by atoms with van der Waals surface area (Å²) in [5.74, 6) is 0.867. The third-order valence-corrected chi connectivity index (χ3v) is 6.03. The highest BCUT2D eigenvalue weighted by Crippen LogP contribution is 2.42. The monoisotopic (exact) mass is 475 g/mol. The second-order valence-electron chi connectivity index (χ2n) is 6.96. The lowest BCUT2D eigenvalue weighted by atomic mass is 10.0. The first-order chi connectivity index (χ1) is 14.7. The zero-order valence-corrected chi connectivity index (χ0v) is 18.3. The Morgan fingerprint density at radius 2 is 1.63 bits per heavy atom. The van der Waals surface area contributed by atoms with Crippen LogP contribution >= 0.6 is 28.1 Å². The highest BCUT2D eigenvalue weighted by molar-refractivity contribution is 9.10. The van der Waals surface area contributed by atoms with Gasteiger partial charge in [0.1, 0.15) is 11.9 Å². The minimum Gasteiger partial charge on any atom is -0.351 e. The lowest BCUT2D eigenvalue weighted by Crippen LogP contribution is -2.30. The van der Waals surface area contributed by atoms with E-state index in [4.69, 9.17) is 12.2 Å². The van der Waals surface area contributed by atoms with Gasteiger partial charge in [-0.15, -0.1) is 0 Å². The Balaban J connectivity index is 1.67. The molecule has 1 aromatic carbocycles. The van der Waals surface area contributed by atoms with Gasteiger partial charge in [0, 0.05) is 34.4 Å². The predicted molar refractivity (Wildman–Crippen MR) is 126 cm³/mol. The van der Waals surface area contributed by atoms with E-state index in [-0.39, 0.29) is 12.1 Å². The van der Waals surface area contributed by atoms with Gasteiger partial charge in [0.15, 0.2) is 5.11 Å². The van der Waals surface area contributed by atoms with Crippen LogP contribution in [0.3, 0.4) is 0 Å². The molecule has 0 saturated carbocycles. The summed E-state index contributed by atoms with van der Waals surface area (Å²) in [5, 5.41) is 4.17. The van der Waals surface area contributed by atoms with Crippen molar-refractivity contribution in [3.8, 4) is 5.82 Å². The molecule has 4 aromatic rings. The van der Waals surface area contributed by atoms with E-state index in [0.29, 0.717) is 5.11 Å². The molecule has 2 atom stereocenters. The normalized spacial score (nSPS) is 18.4. The van der Waals surface area contributed by atoms with Crippen LogP contribution < -0.4 is 10.2 Å². The molecule has 1 aliphatic rings. The third-order valence-electron chi connectivity index (χ3n) is 5.18. The summed E-state index contributed by atoms with van der Waals surface area (Å²) in [5.41, 5.74) is 3.05. The maximum absolute atomic E-state index is 5.79. The van der Waals surface area contributed by atoms with Crippen molar-refractivity contribution in [2.24, 2.45) is 0 Å². The molecule has 148 valence electrons. The zero-order chi connectivity index (χ0) is 20.5. The van der Waals surface area contributed by atoms with Crippen LogP contribution in [0.15, 0.2) is 95.9 Å². The van der Waals surface area contributed by atoms with Crippen LogP contribution in [0.1, 0.15) is 23.5 Å². The molecule has 5 rings (SSSR count). The molecule has 30 heavy (non-hydrogen) atoms. The van der Waals surface area contributed by atoms with Crippen LogP contribution in [0.25, 0.3) is 5.82 Å². The van der Waals surface area contributed by atoms with Crippen LogP contribution in [0.2, 0.25) is 0 Å². The molecule has 0 unspecified atom stereocenters. The van der Waals surface area contributed by atoms with Gasteiger partial charge in [0.05, 0.1) is 11.7 Å². The number of nitrogens with zero attached hydrogens (tertiary/aromatic N) is 4. The van der Waals surface area contributed by atoms with Crippen LogP contribution in [-0.4, -0.2) is 19.6 Å². The molecule has 0 radical (unpaired) electrons. The fraction of sp³-hybridized carbons (Fsp3) is 0.0870. The molecule has 0 spiro atoms. The van der Waals surface area contributed by atoms with Gasteiger partial charge in [0.2, 0.25) is 0 Å². The van der Waals surface area contributed by atoms with Crippen molar-refractivity contribution in [3.05, 3.63) is 107 Å². The fourth-order valence-corrected chi connectivity index (χ4v) is 4.49. The van der Waals surface area contributed by atoms with E-state index in [9.17, 15) is 0 Å². The molecular formula is C23H18BrN5S. The number of aromatic nitrogens is 3. The molecule has 0 bridgehead atoms. The molecule has 5 nitrogen and oxygen atoms in total. The van der Waals surface area contributed by atoms with Crippen molar-refractivity contribution in [2.45, 2.75) is 12.1 Å². The van der Waals surface area contributed by atoms with E-state index >= 15 is 0 Å². The molecule has 7 heteroatoms. The maximum atomic E-state index is 5.79. The maximum Gasteiger partial charge on any atom is 0.174 e. The zero-order valence-electron chi connectivity index (χ0n) is 15.9. The Kier molecular flexibility index (Phi) is 5.06. The number of thiocarbonyl (C=S) groups is 1. The molecule has 1 fully saturated rings. The second-order valence-corrected chi connectivity index (χ2v) is 8.27. The molecular weight excluding hydrogens is 458 g/mol. The van der Waals surface area contributed by atoms with E-state index in [0.717, 1.165) is 27.4 Å². The topological polar surface area (TPSA) is 46.0 Å². The summed E-state index contributed by atoms with van der Waals surface area (Å²) >= 11 is 9.32. The number of hydrogen-bond donors (Lipinski definition) is 1. The van der Waals surface area contributed by atoms with Gasteiger partial charge in [-0.3, -0.25) is 4.98 Å². The molecule has 4 heterocycles. The Hall–Kier alpha value is -3.03. The highest BCUT2D eigenvalue weighted by Gasteiger charge is 2.42. The van der Waals surface area contributed by atoms with Crippen molar-refractivity contribution in [2.75, 3.05) is 4.90 Å². The first kappa shape index (κ1) is 19.0. The van der Waals surface area contributed by atoms with Crippen LogP contribution in [-0.2, 0) is 0 Å². The number of nitrogens with one attached hydrogen (secondary N) is 1. The number of anilines is 1. The van der Waals surface area contributed by atoms with Crippen LogP contribution in [0.4, 0.5) is 5.69 Å². The molecule has 1 N–H and O–H groups in total. The van der Waals surface area contributed by atoms with Gasteiger partial charge in [-0.1, -0.05) is 28.1 Å².